The predicted molar refractivity (Wildman–Crippen MR) is 144 cm³/mol. The average Bonchev–Trinajstić information content (AvgIpc) is 2.92. The van der Waals surface area contributed by atoms with Crippen molar-refractivity contribution in [3.8, 4) is 5.75 Å². The Kier molecular flexibility index (Phi) is 9.28. The second-order valence-corrected chi connectivity index (χ2v) is 10.3. The summed E-state index contributed by atoms with van der Waals surface area (Å²) in [5.74, 6) is -0.955. The van der Waals surface area contributed by atoms with Gasteiger partial charge in [-0.15, -0.1) is 0 Å². The molecule has 1 aliphatic heterocycles. The zero-order chi connectivity index (χ0) is 28.0. The van der Waals surface area contributed by atoms with Gasteiger partial charge < -0.3 is 15.0 Å². The topological polar surface area (TPSA) is 41.6 Å². The smallest absolute Gasteiger partial charge is 0.416 e. The number of rotatable bonds is 9. The van der Waals surface area contributed by atoms with Gasteiger partial charge in [0.1, 0.15) is 6.10 Å². The monoisotopic (exact) mass is 542 g/mol. The van der Waals surface area contributed by atoms with Crippen LogP contribution in [0.2, 0.25) is 0 Å². The number of amides is 1. The van der Waals surface area contributed by atoms with Gasteiger partial charge in [-0.3, -0.25) is 4.79 Å². The Bertz CT molecular complexity index is 1240. The maximum absolute atomic E-state index is 14.4. The third kappa shape index (κ3) is 7.82. The maximum atomic E-state index is 14.4. The molecule has 3 aromatic rings. The van der Waals surface area contributed by atoms with Crippen molar-refractivity contribution >= 4 is 11.6 Å². The summed E-state index contributed by atoms with van der Waals surface area (Å²) in [7, 11) is 0. The molecule has 3 aromatic carbocycles. The fourth-order valence-corrected chi connectivity index (χ4v) is 4.83. The number of carbonyl (C=O) groups excluding carboxylic acids is 1. The molecule has 1 fully saturated rings. The van der Waals surface area contributed by atoms with E-state index in [-0.39, 0.29) is 11.8 Å². The molecule has 0 bridgehead atoms. The van der Waals surface area contributed by atoms with Gasteiger partial charge in [-0.05, 0) is 73.3 Å². The number of benzene rings is 3. The van der Waals surface area contributed by atoms with Gasteiger partial charge in [0, 0.05) is 24.6 Å². The molecule has 208 valence electrons. The largest absolute Gasteiger partial charge is 0.483 e. The molecule has 0 aliphatic carbocycles. The minimum atomic E-state index is -4.59. The molecule has 1 heterocycles. The van der Waals surface area contributed by atoms with E-state index in [1.807, 2.05) is 62.4 Å². The maximum Gasteiger partial charge on any atom is 0.416 e. The highest BCUT2D eigenvalue weighted by molar-refractivity contribution is 5.92. The molecule has 4 nitrogen and oxygen atoms in total. The number of anilines is 1. The summed E-state index contributed by atoms with van der Waals surface area (Å²) in [6.07, 6.45) is -2.79. The number of hydrogen-bond donors (Lipinski definition) is 1. The van der Waals surface area contributed by atoms with E-state index in [9.17, 15) is 22.4 Å². The first-order chi connectivity index (χ1) is 18.6. The molecular formula is C31H34F4N2O2. The fourth-order valence-electron chi connectivity index (χ4n) is 4.83. The first-order valence-corrected chi connectivity index (χ1v) is 13.3. The van der Waals surface area contributed by atoms with Gasteiger partial charge in [-0.1, -0.05) is 56.3 Å². The van der Waals surface area contributed by atoms with E-state index in [1.54, 1.807) is 0 Å². The highest BCUT2D eigenvalue weighted by Gasteiger charge is 2.32. The number of halogens is 4. The van der Waals surface area contributed by atoms with Crippen LogP contribution in [0.25, 0.3) is 0 Å². The van der Waals surface area contributed by atoms with Crippen molar-refractivity contribution in [2.45, 2.75) is 51.3 Å². The SMILES string of the molecule is CC(C)C(=O)Nc1cccc(C2CCN(CCC(Oc3cc(C(F)(F)F)ccc3F)c3ccccc3)CC2)c1. The Balaban J connectivity index is 1.38. The molecule has 8 heteroatoms. The number of likely N-dealkylation sites (tertiary alicyclic amines) is 1. The fraction of sp³-hybridized carbons (Fsp3) is 0.387. The molecule has 1 unspecified atom stereocenters. The lowest BCUT2D eigenvalue weighted by Crippen LogP contribution is -2.34. The highest BCUT2D eigenvalue weighted by Crippen LogP contribution is 2.35. The van der Waals surface area contributed by atoms with Crippen LogP contribution in [0.3, 0.4) is 0 Å². The standard InChI is InChI=1S/C31H34F4N2O2/c1-21(2)30(38)36-26-10-6-9-24(19-26)22-13-16-37(17-14-22)18-15-28(23-7-4-3-5-8-23)39-29-20-25(31(33,34)35)11-12-27(29)32/h3-12,19-22,28H,13-18H2,1-2H3,(H,36,38). The summed E-state index contributed by atoms with van der Waals surface area (Å²) in [5.41, 5.74) is 1.84. The number of alkyl halides is 3. The zero-order valence-electron chi connectivity index (χ0n) is 22.2. The van der Waals surface area contributed by atoms with Gasteiger partial charge in [-0.25, -0.2) is 4.39 Å². The van der Waals surface area contributed by atoms with E-state index < -0.39 is 29.4 Å². The van der Waals surface area contributed by atoms with E-state index in [0.29, 0.717) is 18.9 Å². The molecule has 39 heavy (non-hydrogen) atoms. The van der Waals surface area contributed by atoms with Crippen molar-refractivity contribution in [2.75, 3.05) is 25.0 Å². The van der Waals surface area contributed by atoms with E-state index in [1.165, 1.54) is 5.56 Å². The number of piperidine rings is 1. The molecule has 0 aromatic heterocycles. The number of nitrogens with zero attached hydrogens (tertiary/aromatic N) is 1. The molecule has 1 saturated heterocycles. The van der Waals surface area contributed by atoms with Crippen molar-refractivity contribution in [1.82, 2.24) is 4.90 Å². The van der Waals surface area contributed by atoms with E-state index in [4.69, 9.17) is 4.74 Å². The normalized spacial score (nSPS) is 15.8. The van der Waals surface area contributed by atoms with Crippen LogP contribution in [0, 0.1) is 11.7 Å². The first kappa shape index (κ1) is 28.6. The summed E-state index contributed by atoms with van der Waals surface area (Å²) in [6, 6.07) is 19.4. The summed E-state index contributed by atoms with van der Waals surface area (Å²) < 4.78 is 60.0. The number of carbonyl (C=O) groups is 1. The van der Waals surface area contributed by atoms with Gasteiger partial charge in [0.2, 0.25) is 5.91 Å². The van der Waals surface area contributed by atoms with E-state index >= 15 is 0 Å². The predicted octanol–water partition coefficient (Wildman–Crippen LogP) is 7.83. The van der Waals surface area contributed by atoms with Gasteiger partial charge in [0.25, 0.3) is 0 Å². The molecule has 1 N–H and O–H groups in total. The molecule has 1 atom stereocenters. The van der Waals surface area contributed by atoms with Gasteiger partial charge in [0.05, 0.1) is 5.56 Å². The Morgan fingerprint density at radius 3 is 2.38 bits per heavy atom. The first-order valence-electron chi connectivity index (χ1n) is 13.3. The van der Waals surface area contributed by atoms with E-state index in [2.05, 4.69) is 16.3 Å². The number of hydrogen-bond acceptors (Lipinski definition) is 3. The van der Waals surface area contributed by atoms with Crippen molar-refractivity contribution < 1.29 is 27.1 Å². The minimum Gasteiger partial charge on any atom is -0.483 e. The highest BCUT2D eigenvalue weighted by atomic mass is 19.4. The third-order valence-corrected chi connectivity index (χ3v) is 7.14. The number of nitrogens with one attached hydrogen (secondary N) is 1. The summed E-state index contributed by atoms with van der Waals surface area (Å²) in [5, 5.41) is 2.96. The second-order valence-electron chi connectivity index (χ2n) is 10.3. The van der Waals surface area contributed by atoms with Crippen LogP contribution in [0.15, 0.2) is 72.8 Å². The van der Waals surface area contributed by atoms with Crippen LogP contribution in [0.5, 0.6) is 5.75 Å². The molecule has 0 saturated carbocycles. The average molecular weight is 543 g/mol. The van der Waals surface area contributed by atoms with Crippen molar-refractivity contribution in [2.24, 2.45) is 5.92 Å². The minimum absolute atomic E-state index is 0.0119. The van der Waals surface area contributed by atoms with Gasteiger partial charge >= 0.3 is 6.18 Å². The number of ether oxygens (including phenoxy) is 1. The van der Waals surface area contributed by atoms with E-state index in [0.717, 1.165) is 55.4 Å². The molecule has 1 aliphatic rings. The lowest BCUT2D eigenvalue weighted by Gasteiger charge is -2.33. The van der Waals surface area contributed by atoms with Crippen molar-refractivity contribution in [3.63, 3.8) is 0 Å². The molecule has 4 rings (SSSR count). The van der Waals surface area contributed by atoms with Crippen LogP contribution in [-0.4, -0.2) is 30.4 Å². The lowest BCUT2D eigenvalue weighted by molar-refractivity contribution is -0.137. The zero-order valence-corrected chi connectivity index (χ0v) is 22.2. The van der Waals surface area contributed by atoms with Crippen LogP contribution >= 0.6 is 0 Å². The van der Waals surface area contributed by atoms with Crippen molar-refractivity contribution in [3.05, 3.63) is 95.3 Å². The molecule has 0 spiro atoms. The Morgan fingerprint density at radius 2 is 1.72 bits per heavy atom. The van der Waals surface area contributed by atoms with Crippen molar-refractivity contribution in [1.29, 1.82) is 0 Å². The Hall–Kier alpha value is -3.39. The van der Waals surface area contributed by atoms with Crippen LogP contribution in [0.1, 0.15) is 61.8 Å². The van der Waals surface area contributed by atoms with Crippen LogP contribution in [0.4, 0.5) is 23.2 Å². The Labute approximate surface area is 227 Å². The summed E-state index contributed by atoms with van der Waals surface area (Å²) >= 11 is 0. The molecule has 0 radical (unpaired) electrons. The summed E-state index contributed by atoms with van der Waals surface area (Å²) in [4.78, 5) is 14.4. The molecular weight excluding hydrogens is 508 g/mol. The lowest BCUT2D eigenvalue weighted by atomic mass is 9.89. The third-order valence-electron chi connectivity index (χ3n) is 7.14. The summed E-state index contributed by atoms with van der Waals surface area (Å²) in [6.45, 7) is 6.09. The second kappa shape index (κ2) is 12.6. The van der Waals surface area contributed by atoms with Crippen LogP contribution in [-0.2, 0) is 11.0 Å². The molecule has 1 amide bonds. The van der Waals surface area contributed by atoms with Gasteiger partial charge in [0.15, 0.2) is 11.6 Å². The quantitative estimate of drug-likeness (QED) is 0.280. The van der Waals surface area contributed by atoms with Crippen LogP contribution < -0.4 is 10.1 Å². The Morgan fingerprint density at radius 1 is 1.00 bits per heavy atom. The van der Waals surface area contributed by atoms with Gasteiger partial charge in [-0.2, -0.15) is 13.2 Å².